The second-order valence-electron chi connectivity index (χ2n) is 8.26. The van der Waals surface area contributed by atoms with Gasteiger partial charge in [-0.05, 0) is 38.0 Å². The monoisotopic (exact) mass is 412 g/mol. The number of likely N-dealkylation sites (tertiary alicyclic amines) is 1. The summed E-state index contributed by atoms with van der Waals surface area (Å²) in [6, 6.07) is 14.4. The van der Waals surface area contributed by atoms with Crippen molar-refractivity contribution in [2.45, 2.75) is 32.4 Å². The Morgan fingerprint density at radius 2 is 2.06 bits per heavy atom. The van der Waals surface area contributed by atoms with E-state index in [-0.39, 0.29) is 12.1 Å². The van der Waals surface area contributed by atoms with E-state index in [0.717, 1.165) is 52.8 Å². The molecule has 2 aliphatic rings. The fourth-order valence-electron chi connectivity index (χ4n) is 4.32. The quantitative estimate of drug-likeness (QED) is 0.615. The van der Waals surface area contributed by atoms with Gasteiger partial charge < -0.3 is 19.9 Å². The maximum atomic E-state index is 5.35. The van der Waals surface area contributed by atoms with Crippen LogP contribution >= 0.6 is 0 Å². The first-order valence-corrected chi connectivity index (χ1v) is 10.5. The number of nitrogens with zero attached hydrogens (tertiary/aromatic N) is 3. The Labute approximate surface area is 182 Å². The van der Waals surface area contributed by atoms with Crippen molar-refractivity contribution in [3.63, 3.8) is 0 Å². The summed E-state index contributed by atoms with van der Waals surface area (Å²) in [4.78, 5) is 15.4. The molecule has 2 aromatic carbocycles. The van der Waals surface area contributed by atoms with Gasteiger partial charge in [-0.2, -0.15) is 0 Å². The molecule has 3 aromatic rings. The van der Waals surface area contributed by atoms with E-state index < -0.39 is 0 Å². The van der Waals surface area contributed by atoms with Crippen molar-refractivity contribution >= 4 is 16.9 Å². The van der Waals surface area contributed by atoms with E-state index in [4.69, 9.17) is 14.7 Å². The average molecular weight is 413 g/mol. The number of aromatic nitrogens is 2. The van der Waals surface area contributed by atoms with Gasteiger partial charge in [-0.25, -0.2) is 9.98 Å². The number of H-pyrrole nitrogens is 1. The number of rotatable bonds is 4. The molecule has 0 spiro atoms. The Hall–Kier alpha value is -3.54. The molecule has 6 heteroatoms. The lowest BCUT2D eigenvalue weighted by molar-refractivity contribution is 0.308. The van der Waals surface area contributed by atoms with Crippen molar-refractivity contribution in [1.82, 2.24) is 20.2 Å². The fraction of sp³-hybridized carbons (Fsp3) is 0.280. The summed E-state index contributed by atoms with van der Waals surface area (Å²) in [7, 11) is 1.67. The van der Waals surface area contributed by atoms with Crippen LogP contribution < -0.4 is 10.1 Å². The Balaban J connectivity index is 1.51. The minimum atomic E-state index is -0.0400. The molecular weight excluding hydrogens is 386 g/mol. The highest BCUT2D eigenvalue weighted by molar-refractivity contribution is 5.82. The Kier molecular flexibility index (Phi) is 4.77. The number of aromatic amines is 1. The van der Waals surface area contributed by atoms with Gasteiger partial charge in [0.1, 0.15) is 23.2 Å². The van der Waals surface area contributed by atoms with E-state index >= 15 is 0 Å². The minimum absolute atomic E-state index is 0.0400. The van der Waals surface area contributed by atoms with Crippen molar-refractivity contribution < 1.29 is 4.74 Å². The molecule has 1 fully saturated rings. The number of hydrogen-bond donors (Lipinski definition) is 2. The van der Waals surface area contributed by atoms with Gasteiger partial charge in [0.2, 0.25) is 0 Å². The number of hydrogen-bond acceptors (Lipinski definition) is 5. The number of fused-ring (bicyclic) bond motifs is 1. The van der Waals surface area contributed by atoms with Crippen LogP contribution in [0, 0.1) is 13.0 Å². The number of aryl methyl sites for hydroxylation is 1. The third-order valence-corrected chi connectivity index (χ3v) is 5.82. The molecule has 5 rings (SSSR count). The van der Waals surface area contributed by atoms with Crippen molar-refractivity contribution in [3.05, 3.63) is 83.5 Å². The zero-order chi connectivity index (χ0) is 21.5. The van der Waals surface area contributed by atoms with Crippen LogP contribution in [0.1, 0.15) is 42.4 Å². The topological polar surface area (TPSA) is 65.5 Å². The van der Waals surface area contributed by atoms with Crippen LogP contribution in [0.2, 0.25) is 0 Å². The van der Waals surface area contributed by atoms with Gasteiger partial charge in [0, 0.05) is 18.7 Å². The van der Waals surface area contributed by atoms with Crippen molar-refractivity contribution in [2.75, 3.05) is 13.7 Å². The molecule has 2 atom stereocenters. The summed E-state index contributed by atoms with van der Waals surface area (Å²) in [5.74, 6) is 3.43. The van der Waals surface area contributed by atoms with Crippen LogP contribution in [0.25, 0.3) is 11.0 Å². The highest BCUT2D eigenvalue weighted by atomic mass is 16.5. The second-order valence-corrected chi connectivity index (χ2v) is 8.26. The molecule has 2 aliphatic heterocycles. The predicted molar refractivity (Wildman–Crippen MR) is 123 cm³/mol. The number of methoxy groups -OCH3 is 1. The van der Waals surface area contributed by atoms with Crippen LogP contribution in [0.15, 0.2) is 65.4 Å². The van der Waals surface area contributed by atoms with Crippen LogP contribution in [0.3, 0.4) is 0 Å². The lowest BCUT2D eigenvalue weighted by Crippen LogP contribution is -2.33. The summed E-state index contributed by atoms with van der Waals surface area (Å²) >= 11 is 0. The van der Waals surface area contributed by atoms with Gasteiger partial charge in [0.05, 0.1) is 30.2 Å². The molecule has 1 saturated heterocycles. The van der Waals surface area contributed by atoms with Gasteiger partial charge in [-0.3, -0.25) is 0 Å². The molecule has 0 bridgehead atoms. The van der Waals surface area contributed by atoms with Gasteiger partial charge >= 0.3 is 0 Å². The zero-order valence-corrected chi connectivity index (χ0v) is 18.1. The molecule has 1 aromatic heterocycles. The fourth-order valence-corrected chi connectivity index (χ4v) is 4.32. The molecule has 3 heterocycles. The third-order valence-electron chi connectivity index (χ3n) is 5.82. The lowest BCUT2D eigenvalue weighted by atomic mass is 10.0. The average Bonchev–Trinajstić information content (AvgIpc) is 3.36. The molecule has 31 heavy (non-hydrogen) atoms. The van der Waals surface area contributed by atoms with E-state index in [1.54, 1.807) is 7.11 Å². The van der Waals surface area contributed by atoms with Gasteiger partial charge in [0.15, 0.2) is 0 Å². The first kappa shape index (κ1) is 19.4. The molecule has 157 valence electrons. The standard InChI is InChI=1S/C25H26N5O/c1-15-6-5-7-18(10-15)21-13-24(27-17(3)26-21)30-14-16(2)11-23(30)25-28-20-9-8-19(31-4)12-22(20)29-25/h5-10,12,21,23H,2,11,14H2,1,3-4H3,(H,26,27)(H,28,29)/t21?,23-/m0/s1. The maximum Gasteiger partial charge on any atom is 0.137 e. The van der Waals surface area contributed by atoms with E-state index in [1.165, 1.54) is 11.1 Å². The first-order valence-electron chi connectivity index (χ1n) is 10.5. The normalized spacial score (nSPS) is 21.1. The molecule has 1 radical (unpaired) electrons. The van der Waals surface area contributed by atoms with Gasteiger partial charge in [-0.15, -0.1) is 0 Å². The molecule has 1 unspecified atom stereocenters. The van der Waals surface area contributed by atoms with E-state index in [1.807, 2.05) is 25.1 Å². The summed E-state index contributed by atoms with van der Waals surface area (Å²) < 4.78 is 5.35. The van der Waals surface area contributed by atoms with E-state index in [0.29, 0.717) is 0 Å². The Morgan fingerprint density at radius 1 is 1.19 bits per heavy atom. The summed E-state index contributed by atoms with van der Waals surface area (Å²) in [5, 5.41) is 3.44. The molecule has 2 N–H and O–H groups in total. The van der Waals surface area contributed by atoms with Crippen molar-refractivity contribution in [1.29, 1.82) is 0 Å². The number of aliphatic imine (C=N–C) groups is 1. The van der Waals surface area contributed by atoms with Crippen LogP contribution in [-0.4, -0.2) is 34.4 Å². The summed E-state index contributed by atoms with van der Waals surface area (Å²) in [6.45, 7) is 9.10. The number of ether oxygens (including phenoxy) is 1. The highest BCUT2D eigenvalue weighted by Gasteiger charge is 2.34. The second kappa shape index (κ2) is 7.61. The molecule has 0 amide bonds. The zero-order valence-electron chi connectivity index (χ0n) is 18.1. The number of nitrogens with one attached hydrogen (secondary N) is 2. The van der Waals surface area contributed by atoms with Crippen molar-refractivity contribution in [3.8, 4) is 5.75 Å². The highest BCUT2D eigenvalue weighted by Crippen LogP contribution is 2.38. The van der Waals surface area contributed by atoms with Gasteiger partial charge in [0.25, 0.3) is 0 Å². The number of benzene rings is 2. The molecule has 6 nitrogen and oxygen atoms in total. The SMILES string of the molecule is C=C1C[C@@H](c2nc3cc(OC)ccc3[nH]2)N(C2=[C]C(c3cccc(C)c3)NC(C)=N2)C1. The van der Waals surface area contributed by atoms with E-state index in [2.05, 4.69) is 59.0 Å². The molecule has 0 saturated carbocycles. The first-order chi connectivity index (χ1) is 15.0. The van der Waals surface area contributed by atoms with E-state index in [9.17, 15) is 0 Å². The van der Waals surface area contributed by atoms with Crippen LogP contribution in [0.5, 0.6) is 5.75 Å². The minimum Gasteiger partial charge on any atom is -0.497 e. The molecular formula is C25H26N5O. The van der Waals surface area contributed by atoms with Gasteiger partial charge in [-0.1, -0.05) is 42.0 Å². The summed E-state index contributed by atoms with van der Waals surface area (Å²) in [5.41, 5.74) is 5.46. The smallest absolute Gasteiger partial charge is 0.137 e. The maximum absolute atomic E-state index is 5.35. The largest absolute Gasteiger partial charge is 0.497 e. The lowest BCUT2D eigenvalue weighted by Gasteiger charge is -2.30. The predicted octanol–water partition coefficient (Wildman–Crippen LogP) is 4.59. The molecule has 0 aliphatic carbocycles. The number of imidazole rings is 1. The Morgan fingerprint density at radius 3 is 2.87 bits per heavy atom. The van der Waals surface area contributed by atoms with Crippen LogP contribution in [-0.2, 0) is 0 Å². The Bertz CT molecular complexity index is 1220. The third kappa shape index (κ3) is 3.69. The van der Waals surface area contributed by atoms with Crippen LogP contribution in [0.4, 0.5) is 0 Å². The van der Waals surface area contributed by atoms with Crippen molar-refractivity contribution in [2.24, 2.45) is 4.99 Å². The summed E-state index contributed by atoms with van der Waals surface area (Å²) in [6.07, 6.45) is 4.42. The number of amidine groups is 1.